The molecule has 0 unspecified atom stereocenters. The van der Waals surface area contributed by atoms with Gasteiger partial charge in [0.1, 0.15) is 6.33 Å². The molecule has 0 aliphatic heterocycles. The third-order valence-electron chi connectivity index (χ3n) is 3.97. The molecule has 0 radical (unpaired) electrons. The molecule has 0 atom stereocenters. The molecule has 24 heavy (non-hydrogen) atoms. The van der Waals surface area contributed by atoms with Crippen LogP contribution in [-0.2, 0) is 4.74 Å². The molecule has 4 aromatic rings. The van der Waals surface area contributed by atoms with Gasteiger partial charge >= 0.3 is 5.97 Å². The summed E-state index contributed by atoms with van der Waals surface area (Å²) in [5.41, 5.74) is 5.41. The van der Waals surface area contributed by atoms with Crippen molar-refractivity contribution >= 4 is 17.0 Å². The Hall–Kier alpha value is -3.34. The first-order valence-electron chi connectivity index (χ1n) is 7.45. The maximum atomic E-state index is 11.5. The molecule has 0 saturated heterocycles. The number of benzene rings is 2. The first-order chi connectivity index (χ1) is 11.8. The average Bonchev–Trinajstić information content (AvgIpc) is 3.30. The van der Waals surface area contributed by atoms with E-state index >= 15 is 0 Å². The molecule has 118 valence electrons. The summed E-state index contributed by atoms with van der Waals surface area (Å²) in [6.07, 6.45) is 5.15. The molecule has 4 rings (SSSR count). The monoisotopic (exact) mass is 318 g/mol. The molecule has 2 aromatic heterocycles. The van der Waals surface area contributed by atoms with Crippen LogP contribution in [-0.4, -0.2) is 22.6 Å². The third kappa shape index (κ3) is 2.36. The van der Waals surface area contributed by atoms with Crippen LogP contribution in [0.1, 0.15) is 10.4 Å². The average molecular weight is 318 g/mol. The fraction of sp³-hybridized carbons (Fsp3) is 0.0526. The van der Waals surface area contributed by atoms with Gasteiger partial charge in [-0.15, -0.1) is 0 Å². The Labute approximate surface area is 138 Å². The summed E-state index contributed by atoms with van der Waals surface area (Å²) in [7, 11) is 1.37. The van der Waals surface area contributed by atoms with Crippen LogP contribution < -0.4 is 0 Å². The molecule has 0 spiro atoms. The van der Waals surface area contributed by atoms with E-state index in [2.05, 4.69) is 11.1 Å². The maximum absolute atomic E-state index is 11.5. The van der Waals surface area contributed by atoms with Gasteiger partial charge < -0.3 is 9.15 Å². The zero-order valence-electron chi connectivity index (χ0n) is 13.0. The second-order valence-electron chi connectivity index (χ2n) is 5.37. The number of esters is 1. The molecule has 5 heteroatoms. The number of ether oxygens (including phenoxy) is 1. The highest BCUT2D eigenvalue weighted by molar-refractivity contribution is 5.89. The van der Waals surface area contributed by atoms with Gasteiger partial charge in [-0.05, 0) is 48.0 Å². The maximum Gasteiger partial charge on any atom is 0.337 e. The minimum absolute atomic E-state index is 0.348. The molecule has 0 aliphatic rings. The van der Waals surface area contributed by atoms with E-state index in [-0.39, 0.29) is 5.97 Å². The van der Waals surface area contributed by atoms with E-state index in [1.54, 1.807) is 31.0 Å². The number of hydrogen-bond donors (Lipinski definition) is 0. The molecule has 0 N–H and O–H groups in total. The second-order valence-corrected chi connectivity index (χ2v) is 5.37. The van der Waals surface area contributed by atoms with Gasteiger partial charge in [0.25, 0.3) is 0 Å². The summed E-state index contributed by atoms with van der Waals surface area (Å²) in [5.74, 6) is -0.348. The van der Waals surface area contributed by atoms with Gasteiger partial charge in [-0.3, -0.25) is 4.57 Å². The second kappa shape index (κ2) is 5.70. The Balaban J connectivity index is 1.79. The fourth-order valence-electron chi connectivity index (χ4n) is 2.70. The molecular formula is C19H14N2O3. The van der Waals surface area contributed by atoms with Crippen LogP contribution in [0, 0.1) is 0 Å². The molecule has 0 bridgehead atoms. The van der Waals surface area contributed by atoms with Gasteiger partial charge in [-0.2, -0.15) is 0 Å². The number of nitrogens with zero attached hydrogens (tertiary/aromatic N) is 2. The molecule has 5 nitrogen and oxygen atoms in total. The number of furan rings is 1. The predicted molar refractivity (Wildman–Crippen MR) is 90.1 cm³/mol. The van der Waals surface area contributed by atoms with Gasteiger partial charge in [0.05, 0.1) is 36.2 Å². The summed E-state index contributed by atoms with van der Waals surface area (Å²) >= 11 is 0. The summed E-state index contributed by atoms with van der Waals surface area (Å²) in [6.45, 7) is 0. The lowest BCUT2D eigenvalue weighted by atomic mass is 10.1. The highest BCUT2D eigenvalue weighted by Gasteiger charge is 2.09. The quantitative estimate of drug-likeness (QED) is 0.534. The molecule has 0 fully saturated rings. The Kier molecular flexibility index (Phi) is 3.39. The fourth-order valence-corrected chi connectivity index (χ4v) is 2.70. The first kappa shape index (κ1) is 14.3. The Morgan fingerprint density at radius 2 is 1.92 bits per heavy atom. The molecule has 0 aliphatic carbocycles. The highest BCUT2D eigenvalue weighted by atomic mass is 16.5. The van der Waals surface area contributed by atoms with Crippen LogP contribution in [0.5, 0.6) is 0 Å². The molecule has 2 heterocycles. The van der Waals surface area contributed by atoms with E-state index in [1.807, 2.05) is 34.9 Å². The van der Waals surface area contributed by atoms with Gasteiger partial charge in [0.15, 0.2) is 0 Å². The lowest BCUT2D eigenvalue weighted by molar-refractivity contribution is 0.0601. The van der Waals surface area contributed by atoms with Gasteiger partial charge in [0, 0.05) is 11.3 Å². The molecule has 0 saturated carbocycles. The minimum Gasteiger partial charge on any atom is -0.472 e. The summed E-state index contributed by atoms with van der Waals surface area (Å²) in [5, 5.41) is 0. The van der Waals surface area contributed by atoms with Crippen molar-refractivity contribution in [2.75, 3.05) is 7.11 Å². The highest BCUT2D eigenvalue weighted by Crippen LogP contribution is 2.26. The number of fused-ring (bicyclic) bond motifs is 1. The van der Waals surface area contributed by atoms with Crippen LogP contribution in [0.15, 0.2) is 71.8 Å². The largest absolute Gasteiger partial charge is 0.472 e. The number of methoxy groups -OCH3 is 1. The number of rotatable bonds is 3. The van der Waals surface area contributed by atoms with Crippen molar-refractivity contribution in [2.45, 2.75) is 0 Å². The van der Waals surface area contributed by atoms with Crippen molar-refractivity contribution in [1.82, 2.24) is 9.55 Å². The van der Waals surface area contributed by atoms with Gasteiger partial charge in [-0.1, -0.05) is 6.07 Å². The summed E-state index contributed by atoms with van der Waals surface area (Å²) in [4.78, 5) is 16.0. The lowest BCUT2D eigenvalue weighted by Gasteiger charge is -2.06. The number of aromatic nitrogens is 2. The number of carbonyl (C=O) groups is 1. The van der Waals surface area contributed by atoms with Gasteiger partial charge in [0.2, 0.25) is 0 Å². The Morgan fingerprint density at radius 1 is 1.08 bits per heavy atom. The van der Waals surface area contributed by atoms with Crippen LogP contribution in [0.2, 0.25) is 0 Å². The van der Waals surface area contributed by atoms with Crippen molar-refractivity contribution in [1.29, 1.82) is 0 Å². The third-order valence-corrected chi connectivity index (χ3v) is 3.97. The van der Waals surface area contributed by atoms with E-state index in [9.17, 15) is 4.79 Å². The first-order valence-corrected chi connectivity index (χ1v) is 7.45. The number of hydrogen-bond acceptors (Lipinski definition) is 4. The lowest BCUT2D eigenvalue weighted by Crippen LogP contribution is -2.01. The van der Waals surface area contributed by atoms with Crippen molar-refractivity contribution in [3.8, 4) is 16.8 Å². The van der Waals surface area contributed by atoms with Crippen molar-refractivity contribution in [3.05, 3.63) is 72.9 Å². The van der Waals surface area contributed by atoms with Gasteiger partial charge in [-0.25, -0.2) is 9.78 Å². The van der Waals surface area contributed by atoms with E-state index in [0.29, 0.717) is 5.56 Å². The van der Waals surface area contributed by atoms with E-state index < -0.39 is 0 Å². The smallest absolute Gasteiger partial charge is 0.337 e. The number of carbonyl (C=O) groups excluding carboxylic acids is 1. The van der Waals surface area contributed by atoms with Crippen molar-refractivity contribution in [3.63, 3.8) is 0 Å². The Morgan fingerprint density at radius 3 is 2.62 bits per heavy atom. The minimum atomic E-state index is -0.348. The van der Waals surface area contributed by atoms with E-state index in [0.717, 1.165) is 27.8 Å². The van der Waals surface area contributed by atoms with Crippen LogP contribution in [0.25, 0.3) is 27.8 Å². The molecule has 0 amide bonds. The predicted octanol–water partition coefficient (Wildman–Crippen LogP) is 4.07. The van der Waals surface area contributed by atoms with Crippen molar-refractivity contribution in [2.24, 2.45) is 0 Å². The molecule has 2 aromatic carbocycles. The van der Waals surface area contributed by atoms with E-state index in [1.165, 1.54) is 7.11 Å². The topological polar surface area (TPSA) is 57.3 Å². The number of imidazole rings is 1. The summed E-state index contributed by atoms with van der Waals surface area (Å²) < 4.78 is 11.9. The Bertz CT molecular complexity index is 999. The normalized spacial score (nSPS) is 10.9. The molecular weight excluding hydrogens is 304 g/mol. The van der Waals surface area contributed by atoms with Crippen LogP contribution in [0.4, 0.5) is 0 Å². The zero-order chi connectivity index (χ0) is 16.5. The van der Waals surface area contributed by atoms with Crippen molar-refractivity contribution < 1.29 is 13.9 Å². The van der Waals surface area contributed by atoms with E-state index in [4.69, 9.17) is 9.15 Å². The SMILES string of the molecule is COC(=O)c1ccc(-n2cnc3ccc(-c4ccoc4)cc32)cc1. The zero-order valence-corrected chi connectivity index (χ0v) is 13.0. The van der Waals surface area contributed by atoms with Crippen LogP contribution >= 0.6 is 0 Å². The van der Waals surface area contributed by atoms with Crippen LogP contribution in [0.3, 0.4) is 0 Å². The summed E-state index contributed by atoms with van der Waals surface area (Å²) in [6, 6.07) is 15.2. The standard InChI is InChI=1S/C19H14N2O3/c1-23-19(22)13-2-5-16(6-3-13)21-12-20-17-7-4-14(10-18(17)21)15-8-9-24-11-15/h2-12H,1H3.